The number of para-hydroxylation sites is 2. The number of hydrogen-bond acceptors (Lipinski definition) is 4. The largest absolute Gasteiger partial charge is 0.352 e. The summed E-state index contributed by atoms with van der Waals surface area (Å²) in [4.78, 5) is 40.9. The molecule has 3 rings (SSSR count). The Morgan fingerprint density at radius 2 is 0.525 bits per heavy atom. The molecule has 0 saturated heterocycles. The highest BCUT2D eigenvalue weighted by atomic mass is 16.2. The van der Waals surface area contributed by atoms with Crippen LogP contribution in [-0.2, 0) is 9.59 Å². The molecule has 2 aromatic carbocycles. The van der Waals surface area contributed by atoms with Gasteiger partial charge in [-0.1, -0.05) is 483 Å². The normalized spacial score (nSPS) is 11.7. The number of rotatable bonds is 38. The molecule has 3 amide bonds. The lowest BCUT2D eigenvalue weighted by Crippen LogP contribution is -2.67. The van der Waals surface area contributed by atoms with Gasteiger partial charge in [-0.05, 0) is 144 Å². The van der Waals surface area contributed by atoms with E-state index in [0.29, 0.717) is 44.4 Å². The average Bonchev–Trinajstić information content (AvgIpc) is 0.770. The van der Waals surface area contributed by atoms with Crippen LogP contribution in [0.4, 0.5) is 0 Å². The minimum atomic E-state index is -0.0773. The Hall–Kier alpha value is -3.56. The zero-order valence-corrected chi connectivity index (χ0v) is 88.8. The molecule has 3 aromatic rings. The van der Waals surface area contributed by atoms with Crippen LogP contribution in [0.15, 0.2) is 48.5 Å². The van der Waals surface area contributed by atoms with Crippen LogP contribution in [-0.4, -0.2) is 54.4 Å². The summed E-state index contributed by atoms with van der Waals surface area (Å²) in [5.74, 6) is 2.00. The summed E-state index contributed by atoms with van der Waals surface area (Å²) in [5, 5.41) is 10.9. The predicted molar refractivity (Wildman–Crippen MR) is 554 cm³/mol. The molecule has 0 fully saturated rings. The fourth-order valence-corrected chi connectivity index (χ4v) is 11.3. The molecule has 9 N–H and O–H groups in total. The number of carbonyl (C=O) groups excluding carboxylic acids is 3. The van der Waals surface area contributed by atoms with Crippen LogP contribution in [0.25, 0.3) is 21.8 Å². The van der Waals surface area contributed by atoms with E-state index in [1.807, 2.05) is 76.2 Å². The molecule has 1 heterocycles. The van der Waals surface area contributed by atoms with Crippen molar-refractivity contribution in [3.05, 3.63) is 54.1 Å². The molecule has 9 nitrogen and oxygen atoms in total. The van der Waals surface area contributed by atoms with Crippen LogP contribution in [0.1, 0.15) is 547 Å². The van der Waals surface area contributed by atoms with Gasteiger partial charge in [0.2, 0.25) is 0 Å². The van der Waals surface area contributed by atoms with Crippen molar-refractivity contribution < 1.29 is 25.9 Å². The Bertz CT molecular complexity index is 2490. The van der Waals surface area contributed by atoms with Crippen LogP contribution >= 0.6 is 0 Å². The third-order valence-electron chi connectivity index (χ3n) is 19.6. The van der Waals surface area contributed by atoms with E-state index in [1.165, 1.54) is 186 Å². The molecule has 0 spiro atoms. The summed E-state index contributed by atoms with van der Waals surface area (Å²) in [6, 6.07) is 15.6. The van der Waals surface area contributed by atoms with Crippen molar-refractivity contribution in [3.63, 3.8) is 0 Å². The molecule has 0 aliphatic heterocycles. The quantitative estimate of drug-likeness (QED) is 0.0286. The van der Waals surface area contributed by atoms with E-state index in [-0.39, 0.29) is 50.1 Å². The summed E-state index contributed by atoms with van der Waals surface area (Å²) in [6.45, 7) is 93.8. The van der Waals surface area contributed by atoms with Gasteiger partial charge in [-0.2, -0.15) is 0 Å². The molecule has 722 valence electrons. The lowest BCUT2D eigenvalue weighted by molar-refractivity contribution is -0.405. The van der Waals surface area contributed by atoms with E-state index in [0.717, 1.165) is 104 Å². The highest BCUT2D eigenvalue weighted by Crippen LogP contribution is 2.29. The molecule has 2 atom stereocenters. The van der Waals surface area contributed by atoms with Gasteiger partial charge in [0.25, 0.3) is 17.7 Å². The van der Waals surface area contributed by atoms with Crippen molar-refractivity contribution in [3.8, 4) is 0 Å². The van der Waals surface area contributed by atoms with Gasteiger partial charge in [-0.15, -0.1) is 0 Å². The third-order valence-corrected chi connectivity index (χ3v) is 19.6. The smallest absolute Gasteiger partial charge is 0.278 e. The van der Waals surface area contributed by atoms with Crippen molar-refractivity contribution in [1.82, 2.24) is 20.9 Å². The first-order chi connectivity index (χ1) is 54.5. The van der Waals surface area contributed by atoms with Crippen LogP contribution in [0.3, 0.4) is 0 Å². The molecule has 0 bridgehead atoms. The first-order valence-corrected chi connectivity index (χ1v) is 49.8. The van der Waals surface area contributed by atoms with Crippen LogP contribution in [0.5, 0.6) is 0 Å². The van der Waals surface area contributed by atoms with Crippen molar-refractivity contribution in [2.45, 2.75) is 548 Å². The number of nitrogens with zero attached hydrogens (tertiary/aromatic N) is 1. The van der Waals surface area contributed by atoms with E-state index in [2.05, 4.69) is 289 Å². The van der Waals surface area contributed by atoms with Crippen LogP contribution < -0.4 is 27.4 Å². The number of unbranched alkanes of at least 4 members (excludes halogenated alkanes) is 16. The summed E-state index contributed by atoms with van der Waals surface area (Å²) < 4.78 is 0. The van der Waals surface area contributed by atoms with Gasteiger partial charge >= 0.3 is 0 Å². The number of pyridine rings is 1. The Kier molecular flexibility index (Phi) is 100. The van der Waals surface area contributed by atoms with Crippen molar-refractivity contribution >= 4 is 39.5 Å². The number of aromatic nitrogens is 1. The molecule has 0 saturated carbocycles. The average molecular weight is 1700 g/mol. The summed E-state index contributed by atoms with van der Waals surface area (Å²) in [5.41, 5.74) is 14.1. The van der Waals surface area contributed by atoms with Crippen LogP contribution in [0.2, 0.25) is 0 Å². The molecule has 0 unspecified atom stereocenters. The lowest BCUT2D eigenvalue weighted by atomic mass is 9.89. The fraction of sp³-hybridized carbons (Fsp3) is 0.856. The van der Waals surface area contributed by atoms with Crippen LogP contribution in [0, 0.1) is 55.2 Å². The second-order valence-electron chi connectivity index (χ2n) is 43.8. The van der Waals surface area contributed by atoms with E-state index < -0.39 is 0 Å². The maximum atomic E-state index is 12.9. The maximum absolute atomic E-state index is 12.9. The zero-order chi connectivity index (χ0) is 93.7. The molecule has 120 heavy (non-hydrogen) atoms. The van der Waals surface area contributed by atoms with Crippen molar-refractivity contribution in [2.75, 3.05) is 19.6 Å². The standard InChI is InChI=1S/C22H26N2O.C15H32N2O.C13H28N2O.C11H24.3C9H20.C7H16.2C5H12.2C2H6.2CH4/c1-22(2,3)14-8-9-15-23-21(25)20-16-10-4-6-12-18(16)24-19-13-7-5-11-17(19)20;1-5-6-7-10-13(16)14(18)17-12-9-8-11-15(2,3)4;1-5-6-7-8-11(14)12(16)15-10-9-13(2,3)4;1-5-6-7-8-9-10-11(2,3)4;3*1-5-6-7-8-9(2,3)4;1-5-6-7(2,3)4;2*1-4-5(2)3;2*1-2;;/h4-7,10-13H,8-9,14-15H2,1-3H3,(H,23,25);13H,5-12,16H2,1-4H3,(H,17,18);11H,5-10,14H2,1-4H3,(H,15,16);5-10H2,1-4H3;3*5-8H2,1-4H3;5-6H2,1-4H3;2*5H,4H2,1-3H3;2*1-2H3;2*1H4/p+2/t;13-;11-;;;;;;;;;;;/m.11.........../s1. The van der Waals surface area contributed by atoms with Gasteiger partial charge in [-0.3, -0.25) is 14.4 Å². The second kappa shape index (κ2) is 86.2. The molecule has 0 radical (unpaired) electrons. The molecule has 0 aliphatic carbocycles. The first-order valence-electron chi connectivity index (χ1n) is 49.8. The minimum Gasteiger partial charge on any atom is -0.352 e. The Labute approximate surface area is 759 Å². The highest BCUT2D eigenvalue weighted by Gasteiger charge is 2.21. The van der Waals surface area contributed by atoms with Gasteiger partial charge < -0.3 is 27.4 Å². The molecule has 1 aromatic heterocycles. The lowest BCUT2D eigenvalue weighted by Gasteiger charge is -2.18. The van der Waals surface area contributed by atoms with Crippen molar-refractivity contribution in [1.29, 1.82) is 0 Å². The highest BCUT2D eigenvalue weighted by molar-refractivity contribution is 6.16. The number of quaternary nitrogens is 2. The van der Waals surface area contributed by atoms with E-state index in [9.17, 15) is 14.4 Å². The Balaban J connectivity index is -0.000000126. The Morgan fingerprint density at radius 1 is 0.300 bits per heavy atom. The van der Waals surface area contributed by atoms with E-state index in [4.69, 9.17) is 0 Å². The topological polar surface area (TPSA) is 155 Å². The number of hydrogen-bond donors (Lipinski definition) is 5. The number of fused-ring (bicyclic) bond motifs is 2. The van der Waals surface area contributed by atoms with Gasteiger partial charge in [0.05, 0.1) is 16.6 Å². The molecular weight excluding hydrogens is 1470 g/mol. The fourth-order valence-electron chi connectivity index (χ4n) is 11.3. The first kappa shape index (κ1) is 140. The van der Waals surface area contributed by atoms with Gasteiger partial charge in [-0.25, -0.2) is 4.98 Å². The number of carbonyl (C=O) groups is 3. The van der Waals surface area contributed by atoms with Crippen molar-refractivity contribution in [2.24, 2.45) is 55.2 Å². The molecule has 9 heteroatoms. The molecule has 0 aliphatic rings. The minimum absolute atomic E-state index is 0. The Morgan fingerprint density at radius 3 is 0.775 bits per heavy atom. The SMILES string of the molecule is C.C.CC.CC.CC(C)(C)CCCCNC(=O)c1c2ccccc2nc2ccccc12.CCC(C)C.CCC(C)C.CCCC(C)(C)C.CCCCCC(C)(C)C.CCCCCC(C)(C)C.CCCCCC(C)(C)C.CCCCCCCC(C)(C)C.CCCCC[C@@H]([NH3+])C(=O)NCCC(C)(C)C.CCCCC[C@@H]([NH3+])C(=O)NCCCCC(C)(C)C. The zero-order valence-electron chi connectivity index (χ0n) is 88.8. The monoisotopic (exact) mass is 1700 g/mol. The van der Waals surface area contributed by atoms with Gasteiger partial charge in [0, 0.05) is 43.2 Å². The molecular formula is C111H232N6O3+2. The summed E-state index contributed by atoms with van der Waals surface area (Å²) >= 11 is 0. The summed E-state index contributed by atoms with van der Waals surface area (Å²) in [7, 11) is 0. The number of nitrogens with one attached hydrogen (secondary N) is 3. The predicted octanol–water partition coefficient (Wildman–Crippen LogP) is 35.1. The van der Waals surface area contributed by atoms with Gasteiger partial charge in [0.15, 0.2) is 12.1 Å². The summed E-state index contributed by atoms with van der Waals surface area (Å²) in [6.07, 6.45) is 46.9. The van der Waals surface area contributed by atoms with E-state index in [1.54, 1.807) is 0 Å². The maximum Gasteiger partial charge on any atom is 0.278 e. The number of benzene rings is 2. The third kappa shape index (κ3) is 119. The second-order valence-corrected chi connectivity index (χ2v) is 43.8. The number of amides is 3. The van der Waals surface area contributed by atoms with E-state index >= 15 is 0 Å². The van der Waals surface area contributed by atoms with Gasteiger partial charge in [0.1, 0.15) is 0 Å².